The fourth-order valence-corrected chi connectivity index (χ4v) is 4.66. The summed E-state index contributed by atoms with van der Waals surface area (Å²) < 4.78 is 10.8. The van der Waals surface area contributed by atoms with Crippen LogP contribution in [0.4, 0.5) is 0 Å². The van der Waals surface area contributed by atoms with E-state index in [-0.39, 0.29) is 18.7 Å². The Kier molecular flexibility index (Phi) is 4.89. The predicted octanol–water partition coefficient (Wildman–Crippen LogP) is 4.55. The minimum Gasteiger partial charge on any atom is -0.454 e. The van der Waals surface area contributed by atoms with E-state index in [9.17, 15) is 4.79 Å². The summed E-state index contributed by atoms with van der Waals surface area (Å²) in [7, 11) is 0. The first-order chi connectivity index (χ1) is 14.7. The lowest BCUT2D eigenvalue weighted by Gasteiger charge is -2.09. The van der Waals surface area contributed by atoms with Gasteiger partial charge in [-0.15, -0.1) is 22.7 Å². The number of carbonyl (C=O) groups is 1. The molecule has 1 atom stereocenters. The van der Waals surface area contributed by atoms with E-state index in [0.29, 0.717) is 10.6 Å². The molecule has 3 aromatic heterocycles. The molecule has 1 aliphatic rings. The highest BCUT2D eigenvalue weighted by Gasteiger charge is 2.19. The second kappa shape index (κ2) is 7.85. The number of rotatable bonds is 5. The van der Waals surface area contributed by atoms with Crippen LogP contribution in [0.25, 0.3) is 21.8 Å². The van der Waals surface area contributed by atoms with E-state index in [4.69, 9.17) is 9.47 Å². The molecule has 1 aromatic carbocycles. The molecule has 1 unspecified atom stereocenters. The number of amides is 1. The first-order valence-corrected chi connectivity index (χ1v) is 10.9. The van der Waals surface area contributed by atoms with Gasteiger partial charge in [-0.2, -0.15) is 0 Å². The first-order valence-electron chi connectivity index (χ1n) is 9.20. The fraction of sp³-hybridized carbons (Fsp3) is 0.143. The lowest BCUT2D eigenvalue weighted by molar-refractivity contribution is 0.0943. The van der Waals surface area contributed by atoms with Gasteiger partial charge in [0.25, 0.3) is 5.91 Å². The summed E-state index contributed by atoms with van der Waals surface area (Å²) in [5.74, 6) is 1.23. The minimum absolute atomic E-state index is 0.176. The molecule has 0 fully saturated rings. The molecule has 4 heterocycles. The second-order valence-corrected chi connectivity index (χ2v) is 8.53. The van der Waals surface area contributed by atoms with Crippen molar-refractivity contribution in [2.75, 3.05) is 6.79 Å². The molecule has 0 spiro atoms. The lowest BCUT2D eigenvalue weighted by Crippen LogP contribution is -2.25. The summed E-state index contributed by atoms with van der Waals surface area (Å²) in [6.07, 6.45) is 5.10. The van der Waals surface area contributed by atoms with Gasteiger partial charge in [0.2, 0.25) is 6.79 Å². The van der Waals surface area contributed by atoms with Gasteiger partial charge in [0.05, 0.1) is 17.9 Å². The second-order valence-electron chi connectivity index (χ2n) is 6.61. The van der Waals surface area contributed by atoms with Crippen LogP contribution in [-0.4, -0.2) is 27.7 Å². The van der Waals surface area contributed by atoms with Gasteiger partial charge in [0, 0.05) is 28.9 Å². The Labute approximate surface area is 180 Å². The smallest absolute Gasteiger partial charge is 0.263 e. The molecule has 0 aliphatic carbocycles. The standard InChI is InChI=1S/C21H16N4O3S2/c1-12(20-25-15(10-29-20)14-3-2-6-22-8-14)24-19(26)18-9-23-21(30-18)13-4-5-16-17(7-13)28-11-27-16/h2-10,12H,11H2,1H3,(H,24,26). The number of aromatic nitrogens is 3. The van der Waals surface area contributed by atoms with Gasteiger partial charge in [-0.1, -0.05) is 0 Å². The fourth-order valence-electron chi connectivity index (χ4n) is 3.00. The van der Waals surface area contributed by atoms with E-state index in [1.807, 2.05) is 42.6 Å². The molecule has 4 aromatic rings. The van der Waals surface area contributed by atoms with Crippen LogP contribution < -0.4 is 14.8 Å². The highest BCUT2D eigenvalue weighted by Crippen LogP contribution is 2.37. The van der Waals surface area contributed by atoms with Crippen LogP contribution in [0.3, 0.4) is 0 Å². The summed E-state index contributed by atoms with van der Waals surface area (Å²) in [5.41, 5.74) is 2.69. The largest absolute Gasteiger partial charge is 0.454 e. The zero-order valence-corrected chi connectivity index (χ0v) is 17.5. The van der Waals surface area contributed by atoms with Gasteiger partial charge in [-0.3, -0.25) is 9.78 Å². The number of pyridine rings is 1. The number of carbonyl (C=O) groups excluding carboxylic acids is 1. The number of ether oxygens (including phenoxy) is 2. The van der Waals surface area contributed by atoms with E-state index in [1.54, 1.807) is 18.6 Å². The average Bonchev–Trinajstić information content (AvgIpc) is 3.54. The molecule has 0 bridgehead atoms. The first kappa shape index (κ1) is 18.7. The van der Waals surface area contributed by atoms with Crippen LogP contribution in [0, 0.1) is 0 Å². The third-order valence-corrected chi connectivity index (χ3v) is 6.62. The number of nitrogens with zero attached hydrogens (tertiary/aromatic N) is 3. The van der Waals surface area contributed by atoms with Crippen LogP contribution in [0.15, 0.2) is 54.3 Å². The Hall–Kier alpha value is -3.30. The molecule has 1 amide bonds. The van der Waals surface area contributed by atoms with E-state index in [0.717, 1.165) is 32.6 Å². The monoisotopic (exact) mass is 436 g/mol. The average molecular weight is 437 g/mol. The van der Waals surface area contributed by atoms with Crippen LogP contribution >= 0.6 is 22.7 Å². The number of hydrogen-bond donors (Lipinski definition) is 1. The Morgan fingerprint density at radius 3 is 2.93 bits per heavy atom. The Morgan fingerprint density at radius 1 is 1.17 bits per heavy atom. The summed E-state index contributed by atoms with van der Waals surface area (Å²) in [4.78, 5) is 26.4. The summed E-state index contributed by atoms with van der Waals surface area (Å²) in [5, 5.41) is 6.56. The molecule has 0 radical (unpaired) electrons. The van der Waals surface area contributed by atoms with Gasteiger partial charge in [0.1, 0.15) is 14.9 Å². The van der Waals surface area contributed by atoms with E-state index in [2.05, 4.69) is 20.3 Å². The van der Waals surface area contributed by atoms with Crippen molar-refractivity contribution >= 4 is 28.6 Å². The maximum Gasteiger partial charge on any atom is 0.263 e. The number of nitrogens with one attached hydrogen (secondary N) is 1. The summed E-state index contributed by atoms with van der Waals surface area (Å²) in [6.45, 7) is 2.14. The minimum atomic E-state index is -0.219. The van der Waals surface area contributed by atoms with E-state index in [1.165, 1.54) is 22.7 Å². The molecule has 30 heavy (non-hydrogen) atoms. The van der Waals surface area contributed by atoms with Crippen molar-refractivity contribution in [3.05, 3.63) is 64.2 Å². The Morgan fingerprint density at radius 2 is 2.07 bits per heavy atom. The van der Waals surface area contributed by atoms with E-state index >= 15 is 0 Å². The van der Waals surface area contributed by atoms with Gasteiger partial charge in [-0.25, -0.2) is 9.97 Å². The van der Waals surface area contributed by atoms with Crippen LogP contribution in [-0.2, 0) is 0 Å². The van der Waals surface area contributed by atoms with Crippen molar-refractivity contribution in [1.82, 2.24) is 20.3 Å². The zero-order valence-electron chi connectivity index (χ0n) is 15.9. The van der Waals surface area contributed by atoms with Crippen molar-refractivity contribution in [3.8, 4) is 33.3 Å². The molecular formula is C21H16N4O3S2. The maximum absolute atomic E-state index is 12.7. The molecule has 5 rings (SSSR count). The number of fused-ring (bicyclic) bond motifs is 1. The van der Waals surface area contributed by atoms with Crippen molar-refractivity contribution in [2.24, 2.45) is 0 Å². The van der Waals surface area contributed by atoms with Crippen molar-refractivity contribution < 1.29 is 14.3 Å². The predicted molar refractivity (Wildman–Crippen MR) is 115 cm³/mol. The molecular weight excluding hydrogens is 420 g/mol. The third-order valence-electron chi connectivity index (χ3n) is 4.55. The molecule has 7 nitrogen and oxygen atoms in total. The van der Waals surface area contributed by atoms with Crippen molar-refractivity contribution in [2.45, 2.75) is 13.0 Å². The SMILES string of the molecule is CC(NC(=O)c1cnc(-c2ccc3c(c2)OCO3)s1)c1nc(-c2cccnc2)cs1. The number of benzene rings is 1. The molecule has 1 N–H and O–H groups in total. The third kappa shape index (κ3) is 3.64. The van der Waals surface area contributed by atoms with Crippen LogP contribution in [0.5, 0.6) is 11.5 Å². The van der Waals surface area contributed by atoms with Crippen LogP contribution in [0.1, 0.15) is 27.6 Å². The molecule has 9 heteroatoms. The quantitative estimate of drug-likeness (QED) is 0.494. The summed E-state index contributed by atoms with van der Waals surface area (Å²) in [6, 6.07) is 9.26. The molecule has 150 valence electrons. The van der Waals surface area contributed by atoms with Crippen LogP contribution in [0.2, 0.25) is 0 Å². The van der Waals surface area contributed by atoms with Crippen molar-refractivity contribution in [1.29, 1.82) is 0 Å². The van der Waals surface area contributed by atoms with Gasteiger partial charge < -0.3 is 14.8 Å². The topological polar surface area (TPSA) is 86.2 Å². The molecule has 0 saturated carbocycles. The highest BCUT2D eigenvalue weighted by molar-refractivity contribution is 7.16. The van der Waals surface area contributed by atoms with Gasteiger partial charge >= 0.3 is 0 Å². The normalized spacial score (nSPS) is 13.2. The number of thiazole rings is 2. The van der Waals surface area contributed by atoms with Gasteiger partial charge in [0.15, 0.2) is 11.5 Å². The lowest BCUT2D eigenvalue weighted by atomic mass is 10.2. The highest BCUT2D eigenvalue weighted by atomic mass is 32.1. The maximum atomic E-state index is 12.7. The van der Waals surface area contributed by atoms with E-state index < -0.39 is 0 Å². The Balaban J connectivity index is 1.28. The van der Waals surface area contributed by atoms with Gasteiger partial charge in [-0.05, 0) is 37.3 Å². The Bertz CT molecular complexity index is 1210. The zero-order chi connectivity index (χ0) is 20.5. The van der Waals surface area contributed by atoms with Crippen molar-refractivity contribution in [3.63, 3.8) is 0 Å². The molecule has 0 saturated heterocycles. The summed E-state index contributed by atoms with van der Waals surface area (Å²) >= 11 is 2.85. The number of hydrogen-bond acceptors (Lipinski definition) is 8. The molecule has 1 aliphatic heterocycles.